The van der Waals surface area contributed by atoms with Gasteiger partial charge in [-0.1, -0.05) is 18.2 Å². The van der Waals surface area contributed by atoms with Gasteiger partial charge in [0, 0.05) is 12.7 Å². The lowest BCUT2D eigenvalue weighted by molar-refractivity contribution is 0.596. The van der Waals surface area contributed by atoms with Gasteiger partial charge in [0.1, 0.15) is 12.1 Å². The summed E-state index contributed by atoms with van der Waals surface area (Å²) in [4.78, 5) is 7.94. The minimum atomic E-state index is -0.142. The molecule has 2 aromatic rings. The predicted octanol–water partition coefficient (Wildman–Crippen LogP) is 1.95. The van der Waals surface area contributed by atoms with Crippen molar-refractivity contribution in [1.29, 1.82) is 0 Å². The second kappa shape index (κ2) is 6.06. The predicted molar refractivity (Wildman–Crippen MR) is 63.8 cm³/mol. The van der Waals surface area contributed by atoms with Crippen LogP contribution in [-0.4, -0.2) is 16.5 Å². The molecule has 0 aliphatic heterocycles. The second-order valence-electron chi connectivity index (χ2n) is 3.72. The van der Waals surface area contributed by atoms with E-state index in [4.69, 9.17) is 0 Å². The SMILES string of the molecule is Fc1ccccc1CCNCc1ccncn1. The van der Waals surface area contributed by atoms with Gasteiger partial charge in [-0.05, 0) is 30.7 Å². The van der Waals surface area contributed by atoms with Crippen molar-refractivity contribution < 1.29 is 4.39 Å². The van der Waals surface area contributed by atoms with E-state index in [2.05, 4.69) is 15.3 Å². The third kappa shape index (κ3) is 3.60. The molecule has 1 aromatic heterocycles. The van der Waals surface area contributed by atoms with E-state index < -0.39 is 0 Å². The van der Waals surface area contributed by atoms with Crippen LogP contribution in [-0.2, 0) is 13.0 Å². The van der Waals surface area contributed by atoms with Crippen LogP contribution in [0.3, 0.4) is 0 Å². The molecule has 0 atom stereocenters. The topological polar surface area (TPSA) is 37.8 Å². The first-order valence-electron chi connectivity index (χ1n) is 5.55. The average Bonchev–Trinajstić information content (AvgIpc) is 2.38. The van der Waals surface area contributed by atoms with E-state index in [9.17, 15) is 4.39 Å². The maximum absolute atomic E-state index is 13.3. The number of rotatable bonds is 5. The van der Waals surface area contributed by atoms with E-state index in [0.717, 1.165) is 17.8 Å². The summed E-state index contributed by atoms with van der Waals surface area (Å²) in [5, 5.41) is 3.22. The maximum Gasteiger partial charge on any atom is 0.126 e. The maximum atomic E-state index is 13.3. The highest BCUT2D eigenvalue weighted by Gasteiger charge is 1.99. The van der Waals surface area contributed by atoms with E-state index in [1.165, 1.54) is 12.4 Å². The van der Waals surface area contributed by atoms with Gasteiger partial charge in [-0.3, -0.25) is 0 Å². The Bertz CT molecular complexity index is 459. The Labute approximate surface area is 99.7 Å². The number of nitrogens with one attached hydrogen (secondary N) is 1. The molecular weight excluding hydrogens is 217 g/mol. The van der Waals surface area contributed by atoms with Gasteiger partial charge in [-0.15, -0.1) is 0 Å². The molecule has 0 radical (unpaired) electrons. The first-order valence-corrected chi connectivity index (χ1v) is 5.55. The molecule has 4 heteroatoms. The van der Waals surface area contributed by atoms with E-state index >= 15 is 0 Å². The van der Waals surface area contributed by atoms with Crippen molar-refractivity contribution in [3.63, 3.8) is 0 Å². The lowest BCUT2D eigenvalue weighted by Crippen LogP contribution is -2.17. The molecule has 1 heterocycles. The Morgan fingerprint density at radius 1 is 1.18 bits per heavy atom. The fourth-order valence-corrected chi connectivity index (χ4v) is 1.56. The lowest BCUT2D eigenvalue weighted by atomic mass is 10.1. The summed E-state index contributed by atoms with van der Waals surface area (Å²) >= 11 is 0. The Balaban J connectivity index is 1.76. The zero-order valence-corrected chi connectivity index (χ0v) is 9.44. The summed E-state index contributed by atoms with van der Waals surface area (Å²) in [7, 11) is 0. The molecule has 2 rings (SSSR count). The van der Waals surface area contributed by atoms with Crippen LogP contribution in [0.15, 0.2) is 42.9 Å². The zero-order valence-electron chi connectivity index (χ0n) is 9.44. The molecule has 0 fully saturated rings. The minimum absolute atomic E-state index is 0.142. The van der Waals surface area contributed by atoms with Crippen LogP contribution < -0.4 is 5.32 Å². The number of halogens is 1. The van der Waals surface area contributed by atoms with Crippen molar-refractivity contribution >= 4 is 0 Å². The summed E-state index contributed by atoms with van der Waals surface area (Å²) in [5.74, 6) is -0.142. The van der Waals surface area contributed by atoms with Gasteiger partial charge in [0.05, 0.1) is 5.69 Å². The summed E-state index contributed by atoms with van der Waals surface area (Å²) < 4.78 is 13.3. The Hall–Kier alpha value is -1.81. The van der Waals surface area contributed by atoms with Crippen LogP contribution in [0.1, 0.15) is 11.3 Å². The van der Waals surface area contributed by atoms with Crippen molar-refractivity contribution in [2.75, 3.05) is 6.54 Å². The van der Waals surface area contributed by atoms with E-state index in [1.54, 1.807) is 12.3 Å². The first kappa shape index (κ1) is 11.7. The molecule has 17 heavy (non-hydrogen) atoms. The smallest absolute Gasteiger partial charge is 0.126 e. The molecule has 0 amide bonds. The highest BCUT2D eigenvalue weighted by Crippen LogP contribution is 2.06. The van der Waals surface area contributed by atoms with Crippen LogP contribution in [0.2, 0.25) is 0 Å². The molecule has 0 aliphatic carbocycles. The van der Waals surface area contributed by atoms with Crippen LogP contribution in [0.25, 0.3) is 0 Å². The third-order valence-corrected chi connectivity index (χ3v) is 2.48. The molecule has 0 unspecified atom stereocenters. The highest BCUT2D eigenvalue weighted by molar-refractivity contribution is 5.17. The van der Waals surface area contributed by atoms with Gasteiger partial charge in [0.25, 0.3) is 0 Å². The van der Waals surface area contributed by atoms with E-state index in [1.807, 2.05) is 18.2 Å². The number of hydrogen-bond donors (Lipinski definition) is 1. The molecular formula is C13H14FN3. The largest absolute Gasteiger partial charge is 0.311 e. The fourth-order valence-electron chi connectivity index (χ4n) is 1.56. The van der Waals surface area contributed by atoms with Gasteiger partial charge < -0.3 is 5.32 Å². The number of hydrogen-bond acceptors (Lipinski definition) is 3. The van der Waals surface area contributed by atoms with Crippen molar-refractivity contribution in [3.8, 4) is 0 Å². The minimum Gasteiger partial charge on any atom is -0.311 e. The number of benzene rings is 1. The van der Waals surface area contributed by atoms with Crippen LogP contribution in [0.5, 0.6) is 0 Å². The van der Waals surface area contributed by atoms with Gasteiger partial charge in [-0.25, -0.2) is 14.4 Å². The molecule has 88 valence electrons. The first-order chi connectivity index (χ1) is 8.36. The van der Waals surface area contributed by atoms with Gasteiger partial charge >= 0.3 is 0 Å². The quantitative estimate of drug-likeness (QED) is 0.799. The molecule has 1 aromatic carbocycles. The molecule has 0 bridgehead atoms. The molecule has 0 aliphatic rings. The zero-order chi connectivity index (χ0) is 11.9. The Kier molecular flexibility index (Phi) is 4.16. The van der Waals surface area contributed by atoms with Crippen molar-refractivity contribution in [1.82, 2.24) is 15.3 Å². The molecule has 0 saturated carbocycles. The van der Waals surface area contributed by atoms with Gasteiger partial charge in [0.2, 0.25) is 0 Å². The highest BCUT2D eigenvalue weighted by atomic mass is 19.1. The monoisotopic (exact) mass is 231 g/mol. The summed E-state index contributed by atoms with van der Waals surface area (Å²) in [6.45, 7) is 1.40. The summed E-state index contributed by atoms with van der Waals surface area (Å²) in [5.41, 5.74) is 1.68. The number of nitrogens with zero attached hydrogens (tertiary/aromatic N) is 2. The summed E-state index contributed by atoms with van der Waals surface area (Å²) in [6, 6.07) is 8.70. The fraction of sp³-hybridized carbons (Fsp3) is 0.231. The Morgan fingerprint density at radius 3 is 2.82 bits per heavy atom. The van der Waals surface area contributed by atoms with Crippen LogP contribution in [0.4, 0.5) is 4.39 Å². The van der Waals surface area contributed by atoms with E-state index in [0.29, 0.717) is 13.0 Å². The third-order valence-electron chi connectivity index (χ3n) is 2.48. The van der Waals surface area contributed by atoms with Crippen molar-refractivity contribution in [2.24, 2.45) is 0 Å². The molecule has 3 nitrogen and oxygen atoms in total. The van der Waals surface area contributed by atoms with Crippen molar-refractivity contribution in [2.45, 2.75) is 13.0 Å². The standard InChI is InChI=1S/C13H14FN3/c14-13-4-2-1-3-11(13)5-7-15-9-12-6-8-16-10-17-12/h1-4,6,8,10,15H,5,7,9H2. The van der Waals surface area contributed by atoms with Gasteiger partial charge in [-0.2, -0.15) is 0 Å². The van der Waals surface area contributed by atoms with Crippen LogP contribution >= 0.6 is 0 Å². The Morgan fingerprint density at radius 2 is 2.06 bits per heavy atom. The van der Waals surface area contributed by atoms with Crippen molar-refractivity contribution in [3.05, 3.63) is 59.9 Å². The normalized spacial score (nSPS) is 10.4. The lowest BCUT2D eigenvalue weighted by Gasteiger charge is -2.05. The summed E-state index contributed by atoms with van der Waals surface area (Å²) in [6.07, 6.45) is 3.91. The average molecular weight is 231 g/mol. The van der Waals surface area contributed by atoms with Crippen LogP contribution in [0, 0.1) is 5.82 Å². The molecule has 0 spiro atoms. The number of aromatic nitrogens is 2. The second-order valence-corrected chi connectivity index (χ2v) is 3.72. The molecule has 0 saturated heterocycles. The van der Waals surface area contributed by atoms with Gasteiger partial charge in [0.15, 0.2) is 0 Å². The van der Waals surface area contributed by atoms with E-state index in [-0.39, 0.29) is 5.82 Å². The molecule has 1 N–H and O–H groups in total.